The number of hydrogen-bond acceptors (Lipinski definition) is 3. The number of halogens is 3. The molecule has 0 N–H and O–H groups in total. The molecule has 0 atom stereocenters. The molecule has 4 aromatic rings. The van der Waals surface area contributed by atoms with Gasteiger partial charge in [0.1, 0.15) is 5.69 Å². The van der Waals surface area contributed by atoms with E-state index in [1.54, 1.807) is 78.2 Å². The summed E-state index contributed by atoms with van der Waals surface area (Å²) in [5, 5.41) is 2.12. The number of carbonyl (C=O) groups is 2. The highest BCUT2D eigenvalue weighted by atomic mass is 35.5. The number of ether oxygens (including phenoxy) is 1. The zero-order valence-electron chi connectivity index (χ0n) is 16.4. The van der Waals surface area contributed by atoms with Crippen molar-refractivity contribution < 1.29 is 14.3 Å². The first kappa shape index (κ1) is 21.4. The third kappa shape index (κ3) is 4.07. The van der Waals surface area contributed by atoms with Gasteiger partial charge in [-0.3, -0.25) is 4.79 Å². The van der Waals surface area contributed by atoms with Gasteiger partial charge in [0.15, 0.2) is 5.78 Å². The summed E-state index contributed by atoms with van der Waals surface area (Å²) >= 11 is 18.3. The predicted molar refractivity (Wildman–Crippen MR) is 124 cm³/mol. The number of ketones is 1. The maximum Gasteiger partial charge on any atom is 0.356 e. The maximum absolute atomic E-state index is 13.6. The molecular formula is C24H16Cl3NO3. The Balaban J connectivity index is 2.08. The fourth-order valence-electron chi connectivity index (χ4n) is 3.49. The van der Waals surface area contributed by atoms with Crippen molar-refractivity contribution in [3.05, 3.63) is 98.6 Å². The fourth-order valence-corrected chi connectivity index (χ4v) is 3.91. The first-order valence-corrected chi connectivity index (χ1v) is 10.6. The largest absolute Gasteiger partial charge is 0.461 e. The predicted octanol–water partition coefficient (Wildman–Crippen LogP) is 7.00. The van der Waals surface area contributed by atoms with Gasteiger partial charge in [0.05, 0.1) is 17.7 Å². The molecule has 0 saturated carbocycles. The second kappa shape index (κ2) is 8.75. The standard InChI is InChI=1S/C24H16Cl3NO3/c1-2-31-24(30)22-21(23(29)14-3-5-15(25)6-4-14)19-12-9-17(27)13-20(19)28(22)18-10-7-16(26)8-11-18/h3-13H,2H2,1H3. The summed E-state index contributed by atoms with van der Waals surface area (Å²) in [5.41, 5.74) is 2.02. The van der Waals surface area contributed by atoms with E-state index in [2.05, 4.69) is 0 Å². The molecule has 4 rings (SSSR count). The molecule has 0 fully saturated rings. The average Bonchev–Trinajstić information content (AvgIpc) is 3.09. The minimum Gasteiger partial charge on any atom is -0.461 e. The van der Waals surface area contributed by atoms with Gasteiger partial charge in [-0.05, 0) is 67.6 Å². The summed E-state index contributed by atoms with van der Waals surface area (Å²) in [5.74, 6) is -0.929. The summed E-state index contributed by atoms with van der Waals surface area (Å²) in [4.78, 5) is 26.7. The molecule has 7 heteroatoms. The highest BCUT2D eigenvalue weighted by molar-refractivity contribution is 6.32. The number of rotatable bonds is 5. The lowest BCUT2D eigenvalue weighted by atomic mass is 10.00. The average molecular weight is 473 g/mol. The monoisotopic (exact) mass is 471 g/mol. The van der Waals surface area contributed by atoms with Gasteiger partial charge in [0, 0.05) is 31.7 Å². The summed E-state index contributed by atoms with van der Waals surface area (Å²) in [6.45, 7) is 1.88. The Bertz CT molecular complexity index is 1290. The van der Waals surface area contributed by atoms with E-state index in [4.69, 9.17) is 39.5 Å². The van der Waals surface area contributed by atoms with Crippen LogP contribution in [0, 0.1) is 0 Å². The van der Waals surface area contributed by atoms with E-state index in [-0.39, 0.29) is 23.6 Å². The fraction of sp³-hybridized carbons (Fsp3) is 0.0833. The van der Waals surface area contributed by atoms with Crippen LogP contribution < -0.4 is 0 Å². The number of benzene rings is 3. The van der Waals surface area contributed by atoms with Gasteiger partial charge in [0.2, 0.25) is 0 Å². The van der Waals surface area contributed by atoms with Crippen LogP contribution in [0.1, 0.15) is 33.3 Å². The van der Waals surface area contributed by atoms with Crippen LogP contribution in [0.2, 0.25) is 15.1 Å². The number of hydrogen-bond donors (Lipinski definition) is 0. The van der Waals surface area contributed by atoms with Crippen molar-refractivity contribution in [3.8, 4) is 5.69 Å². The highest BCUT2D eigenvalue weighted by Gasteiger charge is 2.29. The van der Waals surface area contributed by atoms with Gasteiger partial charge in [0.25, 0.3) is 0 Å². The van der Waals surface area contributed by atoms with Gasteiger partial charge in [-0.25, -0.2) is 4.79 Å². The molecule has 0 unspecified atom stereocenters. The molecule has 0 aliphatic heterocycles. The number of esters is 1. The van der Waals surface area contributed by atoms with Crippen LogP contribution >= 0.6 is 34.8 Å². The molecule has 4 nitrogen and oxygen atoms in total. The van der Waals surface area contributed by atoms with Crippen molar-refractivity contribution in [2.24, 2.45) is 0 Å². The van der Waals surface area contributed by atoms with Crippen molar-refractivity contribution >= 4 is 57.5 Å². The maximum atomic E-state index is 13.6. The molecule has 156 valence electrons. The minimum absolute atomic E-state index is 0.126. The van der Waals surface area contributed by atoms with Crippen molar-refractivity contribution in [1.29, 1.82) is 0 Å². The third-order valence-corrected chi connectivity index (χ3v) is 5.56. The number of aromatic nitrogens is 1. The van der Waals surface area contributed by atoms with Gasteiger partial charge >= 0.3 is 5.97 Å². The van der Waals surface area contributed by atoms with Crippen LogP contribution in [-0.4, -0.2) is 22.9 Å². The first-order chi connectivity index (χ1) is 14.9. The topological polar surface area (TPSA) is 48.3 Å². The van der Waals surface area contributed by atoms with Crippen LogP contribution in [0.5, 0.6) is 0 Å². The van der Waals surface area contributed by atoms with Crippen LogP contribution in [0.25, 0.3) is 16.6 Å². The normalized spacial score (nSPS) is 11.0. The van der Waals surface area contributed by atoms with Crippen molar-refractivity contribution in [3.63, 3.8) is 0 Å². The highest BCUT2D eigenvalue weighted by Crippen LogP contribution is 2.34. The quantitative estimate of drug-likeness (QED) is 0.232. The van der Waals surface area contributed by atoms with Gasteiger partial charge in [-0.1, -0.05) is 40.9 Å². The molecule has 3 aromatic carbocycles. The SMILES string of the molecule is CCOC(=O)c1c(C(=O)c2ccc(Cl)cc2)c2ccc(Cl)cc2n1-c1ccc(Cl)cc1. The van der Waals surface area contributed by atoms with E-state index in [0.29, 0.717) is 37.2 Å². The van der Waals surface area contributed by atoms with E-state index < -0.39 is 5.97 Å². The Morgan fingerprint density at radius 1 is 0.839 bits per heavy atom. The van der Waals surface area contributed by atoms with Crippen molar-refractivity contribution in [1.82, 2.24) is 4.57 Å². The number of nitrogens with zero attached hydrogens (tertiary/aromatic N) is 1. The first-order valence-electron chi connectivity index (χ1n) is 9.48. The molecule has 0 spiro atoms. The molecule has 0 bridgehead atoms. The minimum atomic E-state index is -0.609. The van der Waals surface area contributed by atoms with Crippen molar-refractivity contribution in [2.45, 2.75) is 6.92 Å². The van der Waals surface area contributed by atoms with Crippen LogP contribution in [0.3, 0.4) is 0 Å². The lowest BCUT2D eigenvalue weighted by Crippen LogP contribution is -2.16. The van der Waals surface area contributed by atoms with Gasteiger partial charge in [-0.2, -0.15) is 0 Å². The Morgan fingerprint density at radius 3 is 2.03 bits per heavy atom. The molecule has 0 aliphatic carbocycles. The van der Waals surface area contributed by atoms with Crippen LogP contribution in [0.4, 0.5) is 0 Å². The zero-order chi connectivity index (χ0) is 22.1. The Morgan fingerprint density at radius 2 is 1.42 bits per heavy atom. The van der Waals surface area contributed by atoms with E-state index >= 15 is 0 Å². The Kier molecular flexibility index (Phi) is 6.05. The molecule has 0 saturated heterocycles. The second-order valence-electron chi connectivity index (χ2n) is 6.75. The van der Waals surface area contributed by atoms with Crippen molar-refractivity contribution in [2.75, 3.05) is 6.61 Å². The molecule has 1 heterocycles. The molecule has 1 aromatic heterocycles. The zero-order valence-corrected chi connectivity index (χ0v) is 18.6. The third-order valence-electron chi connectivity index (χ3n) is 4.82. The van der Waals surface area contributed by atoms with Gasteiger partial charge < -0.3 is 9.30 Å². The lowest BCUT2D eigenvalue weighted by Gasteiger charge is -2.12. The Hall–Kier alpha value is -2.79. The van der Waals surface area contributed by atoms with E-state index in [0.717, 1.165) is 0 Å². The Labute approximate surface area is 193 Å². The number of fused-ring (bicyclic) bond motifs is 1. The number of carbonyl (C=O) groups excluding carboxylic acids is 2. The molecule has 0 amide bonds. The van der Waals surface area contributed by atoms with E-state index in [9.17, 15) is 9.59 Å². The van der Waals surface area contributed by atoms with Crippen LogP contribution in [0.15, 0.2) is 66.7 Å². The smallest absolute Gasteiger partial charge is 0.356 e. The van der Waals surface area contributed by atoms with Gasteiger partial charge in [-0.15, -0.1) is 0 Å². The summed E-state index contributed by atoms with van der Waals surface area (Å²) < 4.78 is 7.01. The summed E-state index contributed by atoms with van der Waals surface area (Å²) in [7, 11) is 0. The van der Waals surface area contributed by atoms with Crippen LogP contribution in [-0.2, 0) is 4.74 Å². The molecule has 0 radical (unpaired) electrons. The summed E-state index contributed by atoms with van der Waals surface area (Å²) in [6.07, 6.45) is 0. The summed E-state index contributed by atoms with van der Waals surface area (Å²) in [6, 6.07) is 18.6. The lowest BCUT2D eigenvalue weighted by molar-refractivity contribution is 0.0514. The molecule has 31 heavy (non-hydrogen) atoms. The van der Waals surface area contributed by atoms with E-state index in [1.807, 2.05) is 0 Å². The molecular weight excluding hydrogens is 457 g/mol. The molecule has 0 aliphatic rings. The second-order valence-corrected chi connectivity index (χ2v) is 8.06. The van der Waals surface area contributed by atoms with E-state index in [1.165, 1.54) is 0 Å².